The summed E-state index contributed by atoms with van der Waals surface area (Å²) in [6.07, 6.45) is -0.972. The summed E-state index contributed by atoms with van der Waals surface area (Å²) in [5, 5.41) is 6.13. The lowest BCUT2D eigenvalue weighted by molar-refractivity contribution is -0.157. The fourth-order valence-corrected chi connectivity index (χ4v) is 2.76. The van der Waals surface area contributed by atoms with Crippen LogP contribution >= 0.6 is 24.0 Å². The minimum Gasteiger partial charge on any atom is -0.357 e. The number of hydrogen-bond acceptors (Lipinski definition) is 3. The largest absolute Gasteiger partial charge is 0.406 e. The van der Waals surface area contributed by atoms with E-state index in [9.17, 15) is 18.0 Å². The second-order valence-corrected chi connectivity index (χ2v) is 6.86. The summed E-state index contributed by atoms with van der Waals surface area (Å²) in [6.45, 7) is 7.19. The fourth-order valence-electron chi connectivity index (χ4n) is 2.76. The lowest BCUT2D eigenvalue weighted by Crippen LogP contribution is -2.41. The van der Waals surface area contributed by atoms with Gasteiger partial charge in [0.25, 0.3) is 0 Å². The molecule has 0 saturated carbocycles. The van der Waals surface area contributed by atoms with Crippen LogP contribution in [0.5, 0.6) is 0 Å². The number of nitrogens with one attached hydrogen (secondary N) is 2. The van der Waals surface area contributed by atoms with Crippen LogP contribution in [0.1, 0.15) is 33.1 Å². The Kier molecular flexibility index (Phi) is 13.0. The number of hydrogen-bond donors (Lipinski definition) is 2. The van der Waals surface area contributed by atoms with Crippen molar-refractivity contribution in [2.75, 3.05) is 52.9 Å². The van der Waals surface area contributed by atoms with Gasteiger partial charge in [-0.25, -0.2) is 4.99 Å². The number of carbonyl (C=O) groups excluding carboxylic acids is 1. The SMILES string of the molecule is CCNC(=NCC(=O)N(C)CC(F)(F)F)NCCCN1CCC(C)CC1.I. The molecular formula is C17H33F3IN5O. The van der Waals surface area contributed by atoms with Crippen molar-refractivity contribution < 1.29 is 18.0 Å². The molecule has 10 heteroatoms. The third kappa shape index (κ3) is 12.3. The average Bonchev–Trinajstić information content (AvgIpc) is 2.56. The zero-order chi connectivity index (χ0) is 19.6. The van der Waals surface area contributed by atoms with Crippen LogP contribution in [-0.4, -0.2) is 80.7 Å². The van der Waals surface area contributed by atoms with Gasteiger partial charge in [-0.1, -0.05) is 6.92 Å². The second-order valence-electron chi connectivity index (χ2n) is 6.86. The number of carbonyl (C=O) groups is 1. The fraction of sp³-hybridized carbons (Fsp3) is 0.882. The average molecular weight is 507 g/mol. The summed E-state index contributed by atoms with van der Waals surface area (Å²) in [7, 11) is 1.13. The lowest BCUT2D eigenvalue weighted by Gasteiger charge is -2.30. The molecule has 0 bridgehead atoms. The third-order valence-corrected chi connectivity index (χ3v) is 4.38. The summed E-state index contributed by atoms with van der Waals surface area (Å²) in [5.74, 6) is 0.598. The number of aliphatic imine (C=N–C) groups is 1. The molecule has 0 radical (unpaired) electrons. The Hall–Kier alpha value is -0.780. The summed E-state index contributed by atoms with van der Waals surface area (Å²) in [4.78, 5) is 18.9. The van der Waals surface area contributed by atoms with Crippen molar-refractivity contribution in [2.45, 2.75) is 39.3 Å². The van der Waals surface area contributed by atoms with E-state index in [1.165, 1.54) is 12.8 Å². The van der Waals surface area contributed by atoms with E-state index in [-0.39, 0.29) is 30.5 Å². The maximum absolute atomic E-state index is 12.3. The Bertz CT molecular complexity index is 454. The smallest absolute Gasteiger partial charge is 0.357 e. The molecule has 1 rings (SSSR count). The molecule has 2 N–H and O–H groups in total. The van der Waals surface area contributed by atoms with Gasteiger partial charge >= 0.3 is 6.18 Å². The van der Waals surface area contributed by atoms with Gasteiger partial charge in [0.05, 0.1) is 0 Å². The number of alkyl halides is 3. The number of likely N-dealkylation sites (tertiary alicyclic amines) is 1. The Labute approximate surface area is 177 Å². The highest BCUT2D eigenvalue weighted by atomic mass is 127. The standard InChI is InChI=1S/C17H32F3N5O.HI/c1-4-21-16(23-12-15(26)24(3)13-17(18,19)20)22-8-5-9-25-10-6-14(2)7-11-25;/h14H,4-13H2,1-3H3,(H2,21,22,23);1H. The zero-order valence-electron chi connectivity index (χ0n) is 16.4. The van der Waals surface area contributed by atoms with Crippen LogP contribution in [0.15, 0.2) is 4.99 Å². The predicted molar refractivity (Wildman–Crippen MR) is 113 cm³/mol. The van der Waals surface area contributed by atoms with Gasteiger partial charge < -0.3 is 20.4 Å². The molecular weight excluding hydrogens is 474 g/mol. The van der Waals surface area contributed by atoms with Gasteiger partial charge in [0.15, 0.2) is 5.96 Å². The minimum atomic E-state index is -4.40. The lowest BCUT2D eigenvalue weighted by atomic mass is 9.99. The molecule has 160 valence electrons. The Morgan fingerprint density at radius 1 is 1.26 bits per heavy atom. The monoisotopic (exact) mass is 507 g/mol. The maximum atomic E-state index is 12.3. The Morgan fingerprint density at radius 2 is 1.89 bits per heavy atom. The van der Waals surface area contributed by atoms with E-state index in [1.807, 2.05) is 6.92 Å². The van der Waals surface area contributed by atoms with Crippen LogP contribution < -0.4 is 10.6 Å². The summed E-state index contributed by atoms with van der Waals surface area (Å²) in [5.41, 5.74) is 0. The van der Waals surface area contributed by atoms with Crippen LogP contribution in [-0.2, 0) is 4.79 Å². The summed E-state index contributed by atoms with van der Waals surface area (Å²) in [6, 6.07) is 0. The number of guanidine groups is 1. The van der Waals surface area contributed by atoms with E-state index in [1.54, 1.807) is 0 Å². The van der Waals surface area contributed by atoms with Crippen LogP contribution in [0, 0.1) is 5.92 Å². The maximum Gasteiger partial charge on any atom is 0.406 e. The minimum absolute atomic E-state index is 0. The van der Waals surface area contributed by atoms with Crippen molar-refractivity contribution in [3.63, 3.8) is 0 Å². The normalized spacial score (nSPS) is 16.6. The highest BCUT2D eigenvalue weighted by molar-refractivity contribution is 14.0. The van der Waals surface area contributed by atoms with Gasteiger partial charge in [0, 0.05) is 20.1 Å². The number of rotatable bonds is 8. The first-order valence-corrected chi connectivity index (χ1v) is 9.26. The zero-order valence-corrected chi connectivity index (χ0v) is 18.8. The number of piperidine rings is 1. The number of likely N-dealkylation sites (N-methyl/N-ethyl adjacent to an activating group) is 1. The van der Waals surface area contributed by atoms with Gasteiger partial charge in [0.1, 0.15) is 13.1 Å². The Morgan fingerprint density at radius 3 is 2.44 bits per heavy atom. The van der Waals surface area contributed by atoms with Crippen molar-refractivity contribution in [1.82, 2.24) is 20.4 Å². The number of amides is 1. The molecule has 0 unspecified atom stereocenters. The molecule has 6 nitrogen and oxygen atoms in total. The molecule has 1 aliphatic heterocycles. The summed E-state index contributed by atoms with van der Waals surface area (Å²) < 4.78 is 36.9. The quantitative estimate of drug-likeness (QED) is 0.229. The molecule has 0 aromatic heterocycles. The van der Waals surface area contributed by atoms with E-state index < -0.39 is 18.6 Å². The first-order valence-electron chi connectivity index (χ1n) is 9.26. The second kappa shape index (κ2) is 13.4. The van der Waals surface area contributed by atoms with Crippen LogP contribution in [0.25, 0.3) is 0 Å². The molecule has 0 aliphatic carbocycles. The van der Waals surface area contributed by atoms with Gasteiger partial charge in [0.2, 0.25) is 5.91 Å². The van der Waals surface area contributed by atoms with E-state index in [0.29, 0.717) is 23.9 Å². The first kappa shape index (κ1) is 26.2. The van der Waals surface area contributed by atoms with Gasteiger partial charge in [-0.15, -0.1) is 24.0 Å². The van der Waals surface area contributed by atoms with E-state index in [0.717, 1.165) is 39.0 Å². The van der Waals surface area contributed by atoms with Crippen molar-refractivity contribution in [2.24, 2.45) is 10.9 Å². The molecule has 1 saturated heterocycles. The first-order chi connectivity index (χ1) is 12.2. The van der Waals surface area contributed by atoms with E-state index in [4.69, 9.17) is 0 Å². The Balaban J connectivity index is 0.00000676. The highest BCUT2D eigenvalue weighted by Gasteiger charge is 2.31. The molecule has 1 amide bonds. The van der Waals surface area contributed by atoms with Crippen LogP contribution in [0.2, 0.25) is 0 Å². The molecule has 1 heterocycles. The molecule has 0 atom stereocenters. The molecule has 1 fully saturated rings. The number of nitrogens with zero attached hydrogens (tertiary/aromatic N) is 3. The van der Waals surface area contributed by atoms with Crippen molar-refractivity contribution >= 4 is 35.8 Å². The van der Waals surface area contributed by atoms with Crippen molar-refractivity contribution in [3.05, 3.63) is 0 Å². The van der Waals surface area contributed by atoms with E-state index in [2.05, 4.69) is 27.4 Å². The van der Waals surface area contributed by atoms with Crippen LogP contribution in [0.3, 0.4) is 0 Å². The van der Waals surface area contributed by atoms with Crippen LogP contribution in [0.4, 0.5) is 13.2 Å². The molecule has 27 heavy (non-hydrogen) atoms. The number of halogens is 4. The predicted octanol–water partition coefficient (Wildman–Crippen LogP) is 2.30. The van der Waals surface area contributed by atoms with Crippen molar-refractivity contribution in [3.8, 4) is 0 Å². The molecule has 1 aliphatic rings. The van der Waals surface area contributed by atoms with Crippen molar-refractivity contribution in [1.29, 1.82) is 0 Å². The molecule has 0 spiro atoms. The topological polar surface area (TPSA) is 60.0 Å². The summed E-state index contributed by atoms with van der Waals surface area (Å²) >= 11 is 0. The van der Waals surface area contributed by atoms with Gasteiger partial charge in [-0.05, 0) is 51.7 Å². The van der Waals surface area contributed by atoms with E-state index >= 15 is 0 Å². The highest BCUT2D eigenvalue weighted by Crippen LogP contribution is 2.16. The van der Waals surface area contributed by atoms with Gasteiger partial charge in [-0.3, -0.25) is 4.79 Å². The third-order valence-electron chi connectivity index (χ3n) is 4.38. The van der Waals surface area contributed by atoms with Gasteiger partial charge in [-0.2, -0.15) is 13.2 Å². The molecule has 0 aromatic rings. The molecule has 0 aromatic carbocycles.